The molecule has 3 rings (SSSR count). The maximum Gasteiger partial charge on any atom is 0.254 e. The van der Waals surface area contributed by atoms with Crippen molar-refractivity contribution in [2.75, 3.05) is 7.05 Å². The Balaban J connectivity index is 1.78. The molecule has 1 heterocycles. The summed E-state index contributed by atoms with van der Waals surface area (Å²) in [4.78, 5) is 21.8. The third kappa shape index (κ3) is 2.84. The summed E-state index contributed by atoms with van der Waals surface area (Å²) < 4.78 is 0. The number of aromatic nitrogens is 2. The molecule has 1 amide bonds. The fraction of sp³-hybridized carbons (Fsp3) is 0.176. The van der Waals surface area contributed by atoms with Gasteiger partial charge in [-0.15, -0.1) is 0 Å². The first-order valence-corrected chi connectivity index (χ1v) is 7.15. The Bertz CT molecular complexity index is 776. The fourth-order valence-electron chi connectivity index (χ4n) is 2.43. The van der Waals surface area contributed by atoms with Gasteiger partial charge in [0.05, 0.1) is 17.6 Å². The van der Waals surface area contributed by atoms with Gasteiger partial charge in [-0.3, -0.25) is 4.79 Å². The number of H-pyrrole nitrogens is 1. The zero-order chi connectivity index (χ0) is 15.5. The van der Waals surface area contributed by atoms with E-state index in [9.17, 15) is 4.79 Å². The highest BCUT2D eigenvalue weighted by atomic mass is 16.2. The molecule has 0 atom stereocenters. The first kappa shape index (κ1) is 14.3. The van der Waals surface area contributed by atoms with E-state index in [0.717, 1.165) is 22.4 Å². The molecule has 0 bridgehead atoms. The van der Waals surface area contributed by atoms with E-state index in [0.29, 0.717) is 18.7 Å². The number of hydrogen-bond donors (Lipinski definition) is 2. The van der Waals surface area contributed by atoms with Crippen molar-refractivity contribution >= 4 is 16.9 Å². The van der Waals surface area contributed by atoms with E-state index in [4.69, 9.17) is 5.73 Å². The monoisotopic (exact) mass is 294 g/mol. The van der Waals surface area contributed by atoms with Gasteiger partial charge in [0.1, 0.15) is 5.82 Å². The van der Waals surface area contributed by atoms with Crippen LogP contribution in [0.1, 0.15) is 21.7 Å². The average Bonchev–Trinajstić information content (AvgIpc) is 2.96. The minimum atomic E-state index is -0.0456. The summed E-state index contributed by atoms with van der Waals surface area (Å²) in [6.45, 7) is 0.856. The third-order valence-electron chi connectivity index (χ3n) is 3.58. The summed E-state index contributed by atoms with van der Waals surface area (Å²) in [6.07, 6.45) is 0. The number of benzene rings is 2. The predicted octanol–water partition coefficient (Wildman–Crippen LogP) is 2.29. The highest BCUT2D eigenvalue weighted by Crippen LogP contribution is 2.13. The Morgan fingerprint density at radius 3 is 2.82 bits per heavy atom. The first-order valence-electron chi connectivity index (χ1n) is 7.15. The topological polar surface area (TPSA) is 75.0 Å². The Morgan fingerprint density at radius 1 is 1.23 bits per heavy atom. The van der Waals surface area contributed by atoms with Crippen LogP contribution in [-0.4, -0.2) is 27.8 Å². The number of carbonyl (C=O) groups excluding carboxylic acids is 1. The van der Waals surface area contributed by atoms with E-state index in [-0.39, 0.29) is 5.91 Å². The summed E-state index contributed by atoms with van der Waals surface area (Å²) in [5, 5.41) is 0. The van der Waals surface area contributed by atoms with Gasteiger partial charge in [0, 0.05) is 19.2 Å². The molecule has 5 nitrogen and oxygen atoms in total. The highest BCUT2D eigenvalue weighted by molar-refractivity contribution is 5.94. The van der Waals surface area contributed by atoms with Gasteiger partial charge >= 0.3 is 0 Å². The van der Waals surface area contributed by atoms with Crippen molar-refractivity contribution < 1.29 is 4.79 Å². The molecule has 0 saturated heterocycles. The second kappa shape index (κ2) is 5.99. The molecule has 0 saturated carbocycles. The molecule has 5 heteroatoms. The molecule has 0 spiro atoms. The van der Waals surface area contributed by atoms with Crippen molar-refractivity contribution in [1.82, 2.24) is 14.9 Å². The zero-order valence-corrected chi connectivity index (χ0v) is 12.4. The molecule has 0 radical (unpaired) electrons. The smallest absolute Gasteiger partial charge is 0.254 e. The Labute approximate surface area is 128 Å². The van der Waals surface area contributed by atoms with Crippen LogP contribution in [0.3, 0.4) is 0 Å². The van der Waals surface area contributed by atoms with Crippen molar-refractivity contribution in [2.45, 2.75) is 13.1 Å². The molecule has 2 aromatic carbocycles. The van der Waals surface area contributed by atoms with Gasteiger partial charge in [-0.05, 0) is 29.8 Å². The van der Waals surface area contributed by atoms with Gasteiger partial charge in [-0.2, -0.15) is 0 Å². The van der Waals surface area contributed by atoms with Crippen LogP contribution < -0.4 is 5.73 Å². The van der Waals surface area contributed by atoms with Crippen molar-refractivity contribution in [3.63, 3.8) is 0 Å². The van der Waals surface area contributed by atoms with Crippen LogP contribution >= 0.6 is 0 Å². The molecule has 0 aliphatic rings. The lowest BCUT2D eigenvalue weighted by atomic mass is 10.1. The molecule has 0 unspecified atom stereocenters. The molecule has 3 N–H and O–H groups in total. The number of aromatic amines is 1. The number of carbonyl (C=O) groups is 1. The highest BCUT2D eigenvalue weighted by Gasteiger charge is 2.14. The fourth-order valence-corrected chi connectivity index (χ4v) is 2.43. The SMILES string of the molecule is CN(Cc1nc2ccccc2[nH]1)C(=O)c1cccc(CN)c1. The first-order chi connectivity index (χ1) is 10.7. The van der Waals surface area contributed by atoms with Gasteiger partial charge in [-0.1, -0.05) is 24.3 Å². The Kier molecular flexibility index (Phi) is 3.89. The minimum Gasteiger partial charge on any atom is -0.340 e. The summed E-state index contributed by atoms with van der Waals surface area (Å²) in [5.74, 6) is 0.725. The molecule has 1 aromatic heterocycles. The number of fused-ring (bicyclic) bond motifs is 1. The average molecular weight is 294 g/mol. The number of nitrogens with two attached hydrogens (primary N) is 1. The summed E-state index contributed by atoms with van der Waals surface area (Å²) >= 11 is 0. The second-order valence-electron chi connectivity index (χ2n) is 5.27. The number of amides is 1. The van der Waals surface area contributed by atoms with E-state index < -0.39 is 0 Å². The molecule has 112 valence electrons. The number of hydrogen-bond acceptors (Lipinski definition) is 3. The molecule has 0 fully saturated rings. The van der Waals surface area contributed by atoms with Crippen LogP contribution in [0.25, 0.3) is 11.0 Å². The zero-order valence-electron chi connectivity index (χ0n) is 12.4. The maximum absolute atomic E-state index is 12.5. The maximum atomic E-state index is 12.5. The largest absolute Gasteiger partial charge is 0.340 e. The quantitative estimate of drug-likeness (QED) is 0.775. The molecular weight excluding hydrogens is 276 g/mol. The molecule has 22 heavy (non-hydrogen) atoms. The van der Waals surface area contributed by atoms with Crippen molar-refractivity contribution in [1.29, 1.82) is 0 Å². The van der Waals surface area contributed by atoms with Crippen molar-refractivity contribution in [2.24, 2.45) is 5.73 Å². The van der Waals surface area contributed by atoms with E-state index in [1.807, 2.05) is 42.5 Å². The van der Waals surface area contributed by atoms with Gasteiger partial charge in [0.15, 0.2) is 0 Å². The Hall–Kier alpha value is -2.66. The number of nitrogens with one attached hydrogen (secondary N) is 1. The van der Waals surface area contributed by atoms with Gasteiger partial charge < -0.3 is 15.6 Å². The van der Waals surface area contributed by atoms with Crippen LogP contribution in [0.15, 0.2) is 48.5 Å². The predicted molar refractivity (Wildman–Crippen MR) is 86.2 cm³/mol. The van der Waals surface area contributed by atoms with Crippen molar-refractivity contribution in [3.8, 4) is 0 Å². The van der Waals surface area contributed by atoms with Crippen LogP contribution in [-0.2, 0) is 13.1 Å². The standard InChI is InChI=1S/C17H18N4O/c1-21(17(22)13-6-4-5-12(9-13)10-18)11-16-19-14-7-2-3-8-15(14)20-16/h2-9H,10-11,18H2,1H3,(H,19,20). The lowest BCUT2D eigenvalue weighted by Crippen LogP contribution is -2.26. The minimum absolute atomic E-state index is 0.0456. The Morgan fingerprint density at radius 2 is 2.05 bits per heavy atom. The van der Waals surface area contributed by atoms with E-state index >= 15 is 0 Å². The summed E-state index contributed by atoms with van der Waals surface area (Å²) in [6, 6.07) is 15.2. The van der Waals surface area contributed by atoms with E-state index in [2.05, 4.69) is 9.97 Å². The van der Waals surface area contributed by atoms with Crippen LogP contribution in [0.5, 0.6) is 0 Å². The van der Waals surface area contributed by atoms with Gasteiger partial charge in [0.2, 0.25) is 0 Å². The van der Waals surface area contributed by atoms with Gasteiger partial charge in [0.25, 0.3) is 5.91 Å². The molecule has 0 aliphatic heterocycles. The van der Waals surface area contributed by atoms with Gasteiger partial charge in [-0.25, -0.2) is 4.98 Å². The summed E-state index contributed by atoms with van der Waals surface area (Å²) in [5.41, 5.74) is 9.09. The van der Waals surface area contributed by atoms with Crippen LogP contribution in [0.4, 0.5) is 0 Å². The number of imidazole rings is 1. The number of nitrogens with zero attached hydrogens (tertiary/aromatic N) is 2. The normalized spacial score (nSPS) is 10.8. The molecule has 0 aliphatic carbocycles. The lowest BCUT2D eigenvalue weighted by molar-refractivity contribution is 0.0782. The van der Waals surface area contributed by atoms with Crippen molar-refractivity contribution in [3.05, 3.63) is 65.5 Å². The van der Waals surface area contributed by atoms with E-state index in [1.165, 1.54) is 0 Å². The second-order valence-corrected chi connectivity index (χ2v) is 5.27. The number of rotatable bonds is 4. The lowest BCUT2D eigenvalue weighted by Gasteiger charge is -2.16. The van der Waals surface area contributed by atoms with Crippen LogP contribution in [0, 0.1) is 0 Å². The van der Waals surface area contributed by atoms with E-state index in [1.54, 1.807) is 18.0 Å². The molecule has 3 aromatic rings. The summed E-state index contributed by atoms with van der Waals surface area (Å²) in [7, 11) is 1.77. The van der Waals surface area contributed by atoms with Crippen LogP contribution in [0.2, 0.25) is 0 Å². The third-order valence-corrected chi connectivity index (χ3v) is 3.58. The number of para-hydroxylation sites is 2. The molecular formula is C17H18N4O.